The summed E-state index contributed by atoms with van der Waals surface area (Å²) in [5.74, 6) is 1.63. The molecule has 162 valence electrons. The zero-order chi connectivity index (χ0) is 21.9. The predicted molar refractivity (Wildman–Crippen MR) is 129 cm³/mol. The number of hydrogen-bond donors (Lipinski definition) is 0. The molecule has 4 heteroatoms. The molecular formula is C28H28N2O2. The third-order valence-corrected chi connectivity index (χ3v) is 6.45. The molecule has 0 atom stereocenters. The Balaban J connectivity index is 1.36. The number of nitrogens with zero attached hydrogens (tertiary/aromatic N) is 2. The van der Waals surface area contributed by atoms with Gasteiger partial charge in [-0.25, -0.2) is 0 Å². The molecular weight excluding hydrogens is 396 g/mol. The summed E-state index contributed by atoms with van der Waals surface area (Å²) < 4.78 is 11.0. The molecule has 0 unspecified atom stereocenters. The predicted octanol–water partition coefficient (Wildman–Crippen LogP) is 5.52. The van der Waals surface area contributed by atoms with Crippen LogP contribution in [0.5, 0.6) is 11.5 Å². The topological polar surface area (TPSA) is 34.6 Å². The summed E-state index contributed by atoms with van der Waals surface area (Å²) in [6, 6.07) is 23.5. The molecule has 32 heavy (non-hydrogen) atoms. The molecule has 0 saturated carbocycles. The van der Waals surface area contributed by atoms with Crippen molar-refractivity contribution in [1.29, 1.82) is 0 Å². The molecule has 4 aromatic rings. The maximum atomic E-state index is 5.51. The molecule has 0 bridgehead atoms. The minimum atomic E-state index is 0.809. The number of rotatable bonds is 6. The van der Waals surface area contributed by atoms with Crippen LogP contribution >= 0.6 is 0 Å². The first kappa shape index (κ1) is 20.5. The van der Waals surface area contributed by atoms with Crippen LogP contribution in [-0.2, 0) is 19.4 Å². The van der Waals surface area contributed by atoms with Gasteiger partial charge in [0.2, 0.25) is 0 Å². The van der Waals surface area contributed by atoms with Crippen molar-refractivity contribution in [2.75, 3.05) is 27.3 Å². The van der Waals surface area contributed by atoms with Crippen molar-refractivity contribution in [2.45, 2.75) is 19.4 Å². The normalized spacial score (nSPS) is 13.7. The summed E-state index contributed by atoms with van der Waals surface area (Å²) in [5, 5.41) is 2.59. The summed E-state index contributed by atoms with van der Waals surface area (Å²) in [4.78, 5) is 7.11. The van der Waals surface area contributed by atoms with Gasteiger partial charge in [0.25, 0.3) is 0 Å². The van der Waals surface area contributed by atoms with Gasteiger partial charge in [0.15, 0.2) is 11.5 Å². The van der Waals surface area contributed by atoms with E-state index in [2.05, 4.69) is 64.5 Å². The fourth-order valence-electron chi connectivity index (χ4n) is 4.74. The molecule has 0 fully saturated rings. The van der Waals surface area contributed by atoms with Gasteiger partial charge in [-0.2, -0.15) is 0 Å². The van der Waals surface area contributed by atoms with E-state index in [0.717, 1.165) is 49.7 Å². The van der Waals surface area contributed by atoms with E-state index in [9.17, 15) is 0 Å². The van der Waals surface area contributed by atoms with Gasteiger partial charge in [-0.3, -0.25) is 9.88 Å². The Kier molecular flexibility index (Phi) is 5.78. The van der Waals surface area contributed by atoms with Crippen molar-refractivity contribution >= 4 is 10.8 Å². The molecule has 0 aliphatic carbocycles. The van der Waals surface area contributed by atoms with Gasteiger partial charge in [-0.1, -0.05) is 42.5 Å². The number of fused-ring (bicyclic) bond motifs is 2. The first-order valence-corrected chi connectivity index (χ1v) is 11.1. The summed E-state index contributed by atoms with van der Waals surface area (Å²) in [7, 11) is 3.40. The van der Waals surface area contributed by atoms with Crippen LogP contribution in [0.15, 0.2) is 72.9 Å². The molecule has 0 radical (unpaired) electrons. The molecule has 3 aromatic carbocycles. The van der Waals surface area contributed by atoms with Crippen LogP contribution in [0.4, 0.5) is 0 Å². The van der Waals surface area contributed by atoms with Crippen molar-refractivity contribution in [2.24, 2.45) is 0 Å². The van der Waals surface area contributed by atoms with E-state index in [1.165, 1.54) is 33.0 Å². The van der Waals surface area contributed by atoms with Crippen LogP contribution in [0.1, 0.15) is 16.7 Å². The number of methoxy groups -OCH3 is 2. The molecule has 1 aliphatic heterocycles. The maximum Gasteiger partial charge on any atom is 0.161 e. The summed E-state index contributed by atoms with van der Waals surface area (Å²) >= 11 is 0. The van der Waals surface area contributed by atoms with E-state index in [4.69, 9.17) is 9.47 Å². The van der Waals surface area contributed by atoms with Gasteiger partial charge < -0.3 is 9.47 Å². The highest BCUT2D eigenvalue weighted by molar-refractivity contribution is 5.97. The summed E-state index contributed by atoms with van der Waals surface area (Å²) in [5.41, 5.74) is 6.30. The standard InChI is InChI=1S/C28H28N2O2/c1-31-27-17-21-13-16-30(19-22(21)18-28(27)32-2)15-12-20-10-11-25(26-9-5-6-14-29-26)24-8-4-3-7-23(20)24/h3-11,14,17-18H,12-13,15-16,19H2,1-2H3. The number of aromatic nitrogens is 1. The van der Waals surface area contributed by atoms with Gasteiger partial charge >= 0.3 is 0 Å². The molecule has 0 amide bonds. The van der Waals surface area contributed by atoms with E-state index in [1.54, 1.807) is 14.2 Å². The van der Waals surface area contributed by atoms with Crippen molar-refractivity contribution in [1.82, 2.24) is 9.88 Å². The molecule has 2 heterocycles. The lowest BCUT2D eigenvalue weighted by Gasteiger charge is -2.29. The zero-order valence-electron chi connectivity index (χ0n) is 18.7. The van der Waals surface area contributed by atoms with Gasteiger partial charge in [-0.15, -0.1) is 0 Å². The largest absolute Gasteiger partial charge is 0.493 e. The maximum absolute atomic E-state index is 5.51. The van der Waals surface area contributed by atoms with Gasteiger partial charge in [0.05, 0.1) is 19.9 Å². The highest BCUT2D eigenvalue weighted by Crippen LogP contribution is 2.34. The molecule has 5 rings (SSSR count). The second kappa shape index (κ2) is 9.01. The molecule has 0 N–H and O–H groups in total. The van der Waals surface area contributed by atoms with Gasteiger partial charge in [0, 0.05) is 31.4 Å². The number of pyridine rings is 1. The number of ether oxygens (including phenoxy) is 2. The van der Waals surface area contributed by atoms with E-state index < -0.39 is 0 Å². The number of benzene rings is 3. The van der Waals surface area contributed by atoms with Crippen LogP contribution in [0, 0.1) is 0 Å². The summed E-state index contributed by atoms with van der Waals surface area (Å²) in [6.45, 7) is 3.03. The minimum absolute atomic E-state index is 0.809. The lowest BCUT2D eigenvalue weighted by molar-refractivity contribution is 0.256. The van der Waals surface area contributed by atoms with Crippen LogP contribution in [0.3, 0.4) is 0 Å². The first-order valence-electron chi connectivity index (χ1n) is 11.1. The Hall–Kier alpha value is -3.37. The molecule has 1 aliphatic rings. The Morgan fingerprint density at radius 3 is 2.34 bits per heavy atom. The summed E-state index contributed by atoms with van der Waals surface area (Å²) in [6.07, 6.45) is 3.91. The third-order valence-electron chi connectivity index (χ3n) is 6.45. The fraction of sp³-hybridized carbons (Fsp3) is 0.250. The van der Waals surface area contributed by atoms with Crippen LogP contribution in [0.25, 0.3) is 22.0 Å². The van der Waals surface area contributed by atoms with Gasteiger partial charge in [0.1, 0.15) is 0 Å². The lowest BCUT2D eigenvalue weighted by atomic mass is 9.95. The smallest absolute Gasteiger partial charge is 0.161 e. The van der Waals surface area contributed by atoms with E-state index in [1.807, 2.05) is 18.3 Å². The van der Waals surface area contributed by atoms with Crippen molar-refractivity contribution in [3.63, 3.8) is 0 Å². The van der Waals surface area contributed by atoms with Crippen molar-refractivity contribution in [3.05, 3.63) is 89.6 Å². The average Bonchev–Trinajstić information content (AvgIpc) is 2.86. The highest BCUT2D eigenvalue weighted by atomic mass is 16.5. The second-order valence-electron chi connectivity index (χ2n) is 8.28. The first-order chi connectivity index (χ1) is 15.8. The number of hydrogen-bond acceptors (Lipinski definition) is 4. The lowest BCUT2D eigenvalue weighted by Crippen LogP contribution is -2.32. The minimum Gasteiger partial charge on any atom is -0.493 e. The fourth-order valence-corrected chi connectivity index (χ4v) is 4.74. The van der Waals surface area contributed by atoms with Crippen LogP contribution < -0.4 is 9.47 Å². The molecule has 0 spiro atoms. The van der Waals surface area contributed by atoms with Gasteiger partial charge in [-0.05, 0) is 64.6 Å². The molecule has 4 nitrogen and oxygen atoms in total. The highest BCUT2D eigenvalue weighted by Gasteiger charge is 2.19. The molecule has 1 aromatic heterocycles. The zero-order valence-corrected chi connectivity index (χ0v) is 18.7. The Labute approximate surface area is 189 Å². The van der Waals surface area contributed by atoms with E-state index in [-0.39, 0.29) is 0 Å². The molecule has 0 saturated heterocycles. The Bertz CT molecular complexity index is 1240. The second-order valence-corrected chi connectivity index (χ2v) is 8.28. The van der Waals surface area contributed by atoms with Crippen LogP contribution in [0.2, 0.25) is 0 Å². The van der Waals surface area contributed by atoms with Crippen molar-refractivity contribution in [3.8, 4) is 22.8 Å². The third kappa shape index (κ3) is 3.94. The quantitative estimate of drug-likeness (QED) is 0.408. The van der Waals surface area contributed by atoms with Crippen LogP contribution in [-0.4, -0.2) is 37.2 Å². The van der Waals surface area contributed by atoms with E-state index in [0.29, 0.717) is 0 Å². The van der Waals surface area contributed by atoms with Crippen molar-refractivity contribution < 1.29 is 9.47 Å². The Morgan fingerprint density at radius 1 is 0.844 bits per heavy atom. The Morgan fingerprint density at radius 2 is 1.59 bits per heavy atom. The SMILES string of the molecule is COc1cc2c(cc1OC)CN(CCc1ccc(-c3ccccn3)c3ccccc13)CC2. The average molecular weight is 425 g/mol. The van der Waals surface area contributed by atoms with E-state index >= 15 is 0 Å². The monoisotopic (exact) mass is 424 g/mol.